The maximum absolute atomic E-state index is 12.3. The summed E-state index contributed by atoms with van der Waals surface area (Å²) in [5, 5.41) is 10.1. The van der Waals surface area contributed by atoms with Crippen LogP contribution in [0.3, 0.4) is 0 Å². The Morgan fingerprint density at radius 1 is 1.09 bits per heavy atom. The maximum atomic E-state index is 12.3. The van der Waals surface area contributed by atoms with E-state index in [4.69, 9.17) is 4.74 Å². The van der Waals surface area contributed by atoms with Gasteiger partial charge in [0.1, 0.15) is 5.75 Å². The van der Waals surface area contributed by atoms with Gasteiger partial charge in [-0.25, -0.2) is 0 Å². The molecule has 0 saturated heterocycles. The molecular formula is C25H30N4O2S. The molecule has 0 unspecified atom stereocenters. The minimum atomic E-state index is 0.0176. The Morgan fingerprint density at radius 3 is 2.53 bits per heavy atom. The Balaban J connectivity index is 1.60. The quantitative estimate of drug-likeness (QED) is 0.448. The normalized spacial score (nSPS) is 14.3. The van der Waals surface area contributed by atoms with E-state index in [-0.39, 0.29) is 5.91 Å². The van der Waals surface area contributed by atoms with Crippen molar-refractivity contribution >= 4 is 17.7 Å². The standard InChI is InChI=1S/C25H30N4O2S/c1-28(2)24(30)20-9-7-8-18(16-20)17-32-25-27-26-23(19-12-14-22(31-3)15-13-19)29(25)21-10-5-4-6-11-21/h7-9,12-16,21H,4-6,10-11,17H2,1-3H3. The van der Waals surface area contributed by atoms with Gasteiger partial charge in [0, 0.05) is 37.0 Å². The fourth-order valence-electron chi connectivity index (χ4n) is 4.18. The van der Waals surface area contributed by atoms with Gasteiger partial charge in [0.2, 0.25) is 0 Å². The highest BCUT2D eigenvalue weighted by Gasteiger charge is 2.24. The van der Waals surface area contributed by atoms with Crippen molar-refractivity contribution in [3.8, 4) is 17.1 Å². The van der Waals surface area contributed by atoms with Crippen LogP contribution in [0.5, 0.6) is 5.75 Å². The molecular weight excluding hydrogens is 420 g/mol. The first-order valence-electron chi connectivity index (χ1n) is 11.1. The summed E-state index contributed by atoms with van der Waals surface area (Å²) in [6.45, 7) is 0. The summed E-state index contributed by atoms with van der Waals surface area (Å²) in [7, 11) is 5.23. The largest absolute Gasteiger partial charge is 0.497 e. The number of hydrogen-bond acceptors (Lipinski definition) is 5. The lowest BCUT2D eigenvalue weighted by atomic mass is 9.95. The molecule has 32 heavy (non-hydrogen) atoms. The van der Waals surface area contributed by atoms with E-state index in [0.717, 1.165) is 46.5 Å². The summed E-state index contributed by atoms with van der Waals surface area (Å²) in [5.74, 6) is 2.50. The highest BCUT2D eigenvalue weighted by molar-refractivity contribution is 7.98. The molecule has 1 fully saturated rings. The summed E-state index contributed by atoms with van der Waals surface area (Å²) in [4.78, 5) is 13.9. The molecule has 1 aromatic heterocycles. The Kier molecular flexibility index (Phi) is 7.15. The molecule has 7 heteroatoms. The number of carbonyl (C=O) groups excluding carboxylic acids is 1. The first-order valence-corrected chi connectivity index (χ1v) is 12.1. The van der Waals surface area contributed by atoms with Crippen LogP contribution in [0.25, 0.3) is 11.4 Å². The van der Waals surface area contributed by atoms with Crippen LogP contribution in [0.1, 0.15) is 54.1 Å². The highest BCUT2D eigenvalue weighted by Crippen LogP contribution is 2.36. The molecule has 6 nitrogen and oxygen atoms in total. The Labute approximate surface area is 194 Å². The fourth-order valence-corrected chi connectivity index (χ4v) is 5.13. The number of carbonyl (C=O) groups is 1. The second-order valence-corrected chi connectivity index (χ2v) is 9.33. The van der Waals surface area contributed by atoms with Gasteiger partial charge in [-0.05, 0) is 54.8 Å². The summed E-state index contributed by atoms with van der Waals surface area (Å²) < 4.78 is 7.65. The van der Waals surface area contributed by atoms with Crippen LogP contribution in [0.2, 0.25) is 0 Å². The smallest absolute Gasteiger partial charge is 0.253 e. The number of ether oxygens (including phenoxy) is 1. The molecule has 2 aromatic carbocycles. The molecule has 0 spiro atoms. The van der Waals surface area contributed by atoms with E-state index in [1.54, 1.807) is 37.9 Å². The number of aromatic nitrogens is 3. The first-order chi connectivity index (χ1) is 15.6. The van der Waals surface area contributed by atoms with Crippen molar-refractivity contribution in [3.05, 3.63) is 59.7 Å². The molecule has 1 saturated carbocycles. The zero-order valence-corrected chi connectivity index (χ0v) is 19.8. The van der Waals surface area contributed by atoms with E-state index < -0.39 is 0 Å². The lowest BCUT2D eigenvalue weighted by molar-refractivity contribution is 0.0827. The number of amides is 1. The van der Waals surface area contributed by atoms with Gasteiger partial charge in [0.05, 0.1) is 7.11 Å². The average Bonchev–Trinajstić information content (AvgIpc) is 3.27. The molecule has 1 aliphatic carbocycles. The number of nitrogens with zero attached hydrogens (tertiary/aromatic N) is 4. The third kappa shape index (κ3) is 4.99. The molecule has 1 heterocycles. The van der Waals surface area contributed by atoms with Gasteiger partial charge in [-0.3, -0.25) is 9.36 Å². The molecule has 0 radical (unpaired) electrons. The van der Waals surface area contributed by atoms with E-state index in [9.17, 15) is 4.79 Å². The number of benzene rings is 2. The van der Waals surface area contributed by atoms with Gasteiger partial charge in [-0.2, -0.15) is 0 Å². The lowest BCUT2D eigenvalue weighted by Crippen LogP contribution is -2.21. The SMILES string of the molecule is COc1ccc(-c2nnc(SCc3cccc(C(=O)N(C)C)c3)n2C2CCCCC2)cc1. The lowest BCUT2D eigenvalue weighted by Gasteiger charge is -2.25. The zero-order chi connectivity index (χ0) is 22.5. The summed E-state index contributed by atoms with van der Waals surface area (Å²) in [6, 6.07) is 16.3. The van der Waals surface area contributed by atoms with Gasteiger partial charge in [-0.1, -0.05) is 43.2 Å². The monoisotopic (exact) mass is 450 g/mol. The molecule has 0 bridgehead atoms. The van der Waals surface area contributed by atoms with E-state index in [0.29, 0.717) is 11.6 Å². The average molecular weight is 451 g/mol. The first kappa shape index (κ1) is 22.4. The minimum absolute atomic E-state index is 0.0176. The summed E-state index contributed by atoms with van der Waals surface area (Å²) >= 11 is 1.69. The van der Waals surface area contributed by atoms with Gasteiger partial charge in [0.15, 0.2) is 11.0 Å². The topological polar surface area (TPSA) is 60.3 Å². The Bertz CT molecular complexity index is 1060. The molecule has 0 N–H and O–H groups in total. The third-order valence-corrected chi connectivity index (χ3v) is 6.91. The number of rotatable bonds is 7. The van der Waals surface area contributed by atoms with Gasteiger partial charge < -0.3 is 9.64 Å². The van der Waals surface area contributed by atoms with Crippen LogP contribution < -0.4 is 4.74 Å². The Morgan fingerprint density at radius 2 is 1.84 bits per heavy atom. The van der Waals surface area contributed by atoms with Gasteiger partial charge >= 0.3 is 0 Å². The van der Waals surface area contributed by atoms with Crippen LogP contribution in [-0.2, 0) is 5.75 Å². The second-order valence-electron chi connectivity index (χ2n) is 8.39. The van der Waals surface area contributed by atoms with Crippen molar-refractivity contribution < 1.29 is 9.53 Å². The predicted octanol–water partition coefficient (Wildman–Crippen LogP) is 5.45. The molecule has 168 valence electrons. The van der Waals surface area contributed by atoms with Crippen LogP contribution in [-0.4, -0.2) is 46.8 Å². The third-order valence-electron chi connectivity index (χ3n) is 5.90. The van der Waals surface area contributed by atoms with Crippen molar-refractivity contribution in [2.45, 2.75) is 49.1 Å². The van der Waals surface area contributed by atoms with Crippen molar-refractivity contribution in [2.75, 3.05) is 21.2 Å². The number of hydrogen-bond donors (Lipinski definition) is 0. The van der Waals surface area contributed by atoms with E-state index in [1.165, 1.54) is 19.3 Å². The maximum Gasteiger partial charge on any atom is 0.253 e. The zero-order valence-electron chi connectivity index (χ0n) is 19.0. The van der Waals surface area contributed by atoms with Crippen LogP contribution in [0.15, 0.2) is 53.7 Å². The van der Waals surface area contributed by atoms with Crippen molar-refractivity contribution in [1.29, 1.82) is 0 Å². The van der Waals surface area contributed by atoms with Crippen LogP contribution in [0, 0.1) is 0 Å². The van der Waals surface area contributed by atoms with Crippen molar-refractivity contribution in [3.63, 3.8) is 0 Å². The van der Waals surface area contributed by atoms with Gasteiger partial charge in [0.25, 0.3) is 5.91 Å². The second kappa shape index (κ2) is 10.2. The Hall–Kier alpha value is -2.80. The number of methoxy groups -OCH3 is 1. The van der Waals surface area contributed by atoms with Crippen LogP contribution in [0.4, 0.5) is 0 Å². The molecule has 3 aromatic rings. The van der Waals surface area contributed by atoms with Gasteiger partial charge in [-0.15, -0.1) is 10.2 Å². The molecule has 4 rings (SSSR count). The van der Waals surface area contributed by atoms with E-state index >= 15 is 0 Å². The summed E-state index contributed by atoms with van der Waals surface area (Å²) in [5.41, 5.74) is 2.86. The molecule has 0 atom stereocenters. The molecule has 0 aliphatic heterocycles. The fraction of sp³-hybridized carbons (Fsp3) is 0.400. The van der Waals surface area contributed by atoms with Crippen molar-refractivity contribution in [1.82, 2.24) is 19.7 Å². The predicted molar refractivity (Wildman–Crippen MR) is 128 cm³/mol. The van der Waals surface area contributed by atoms with E-state index in [1.807, 2.05) is 42.5 Å². The minimum Gasteiger partial charge on any atom is -0.497 e. The van der Waals surface area contributed by atoms with Crippen LogP contribution >= 0.6 is 11.8 Å². The highest BCUT2D eigenvalue weighted by atomic mass is 32.2. The van der Waals surface area contributed by atoms with Crippen molar-refractivity contribution in [2.24, 2.45) is 0 Å². The van der Waals surface area contributed by atoms with E-state index in [2.05, 4.69) is 20.8 Å². The molecule has 1 amide bonds. The molecule has 1 aliphatic rings. The number of thioether (sulfide) groups is 1. The summed E-state index contributed by atoms with van der Waals surface area (Å²) in [6.07, 6.45) is 6.09.